The molecule has 0 N–H and O–H groups in total. The molecule has 0 saturated carbocycles. The highest BCUT2D eigenvalue weighted by atomic mass is 16.2. The van der Waals surface area contributed by atoms with E-state index in [1.165, 1.54) is 6.92 Å². The minimum absolute atomic E-state index is 0.191. The van der Waals surface area contributed by atoms with Gasteiger partial charge in [-0.05, 0) is 26.3 Å². The number of hydrogen-bond donors (Lipinski definition) is 0. The molecule has 31 heavy (non-hydrogen) atoms. The van der Waals surface area contributed by atoms with Crippen molar-refractivity contribution in [3.63, 3.8) is 0 Å². The molecule has 0 aromatic heterocycles. The molecule has 0 unspecified atom stereocenters. The van der Waals surface area contributed by atoms with Crippen molar-refractivity contribution < 1.29 is 33.6 Å². The van der Waals surface area contributed by atoms with E-state index in [1.807, 2.05) is 0 Å². The molecular weight excluding hydrogens is 410 g/mol. The van der Waals surface area contributed by atoms with Gasteiger partial charge in [-0.2, -0.15) is 0 Å². The molecule has 0 rings (SSSR count). The van der Waals surface area contributed by atoms with E-state index in [9.17, 15) is 33.6 Å². The molecule has 0 bridgehead atoms. The summed E-state index contributed by atoms with van der Waals surface area (Å²) in [5.41, 5.74) is 8.69. The highest BCUT2D eigenvalue weighted by Gasteiger charge is 2.28. The number of ketones is 3. The highest BCUT2D eigenvalue weighted by molar-refractivity contribution is 6.09. The van der Waals surface area contributed by atoms with Crippen LogP contribution in [0.5, 0.6) is 0 Å². The Morgan fingerprint density at radius 3 is 1.48 bits per heavy atom. The monoisotopic (exact) mass is 435 g/mol. The Labute approximate surface area is 178 Å². The summed E-state index contributed by atoms with van der Waals surface area (Å²) >= 11 is 0. The minimum atomic E-state index is -0.976. The van der Waals surface area contributed by atoms with Crippen molar-refractivity contribution in [1.29, 1.82) is 0 Å². The van der Waals surface area contributed by atoms with Crippen LogP contribution in [0.1, 0.15) is 46.5 Å². The number of hydrogen-bond acceptors (Lipinski definition) is 8. The van der Waals surface area contributed by atoms with Crippen molar-refractivity contribution in [3.05, 3.63) is 22.6 Å². The maximum absolute atomic E-state index is 12.4. The second-order valence-corrected chi connectivity index (χ2v) is 6.87. The summed E-state index contributed by atoms with van der Waals surface area (Å²) in [5, 5.41) is 3.04. The average molecular weight is 435 g/mol. The first-order chi connectivity index (χ1) is 14.4. The summed E-state index contributed by atoms with van der Waals surface area (Å²) in [4.78, 5) is 87.5. The molecule has 0 aliphatic carbocycles. The third-order valence-corrected chi connectivity index (χ3v) is 3.66. The summed E-state index contributed by atoms with van der Waals surface area (Å²) in [6.07, 6.45) is -2.15. The number of rotatable bonds is 13. The topological polar surface area (TPSA) is 175 Å². The van der Waals surface area contributed by atoms with E-state index in [-0.39, 0.29) is 6.42 Å². The van der Waals surface area contributed by atoms with Gasteiger partial charge in [0.05, 0.1) is 25.8 Å². The first kappa shape index (κ1) is 27.3. The Hall–Kier alpha value is -3.66. The van der Waals surface area contributed by atoms with E-state index in [4.69, 9.17) is 5.53 Å². The Morgan fingerprint density at radius 1 is 0.742 bits per heavy atom. The second kappa shape index (κ2) is 13.5. The molecule has 0 aliphatic heterocycles. The van der Waals surface area contributed by atoms with Gasteiger partial charge >= 0.3 is 0 Å². The summed E-state index contributed by atoms with van der Waals surface area (Å²) in [6.45, 7) is 5.93. The number of carbonyl (C=O) groups excluding carboxylic acids is 7. The van der Waals surface area contributed by atoms with Crippen LogP contribution in [0.2, 0.25) is 0 Å². The molecule has 0 spiro atoms. The summed E-state index contributed by atoms with van der Waals surface area (Å²) in [7, 11) is 0. The maximum atomic E-state index is 12.4. The Morgan fingerprint density at radius 2 is 1.13 bits per heavy atom. The van der Waals surface area contributed by atoms with E-state index >= 15 is 0 Å². The molecule has 12 nitrogen and oxygen atoms in total. The minimum Gasteiger partial charge on any atom is -0.299 e. The van der Waals surface area contributed by atoms with Gasteiger partial charge in [-0.1, -0.05) is 17.3 Å². The number of imide groups is 2. The van der Waals surface area contributed by atoms with E-state index in [2.05, 4.69) is 16.6 Å². The normalized spacial score (nSPS) is 9.77. The first-order valence-electron chi connectivity index (χ1n) is 9.21. The van der Waals surface area contributed by atoms with E-state index in [0.717, 1.165) is 11.8 Å². The van der Waals surface area contributed by atoms with Crippen molar-refractivity contribution in [2.45, 2.75) is 46.5 Å². The van der Waals surface area contributed by atoms with Crippen molar-refractivity contribution in [2.75, 3.05) is 19.6 Å². The van der Waals surface area contributed by atoms with Crippen LogP contribution in [0, 0.1) is 0 Å². The molecule has 0 aliphatic rings. The van der Waals surface area contributed by atoms with E-state index in [1.54, 1.807) is 6.92 Å². The van der Waals surface area contributed by atoms with Gasteiger partial charge in [0.15, 0.2) is 0 Å². The third kappa shape index (κ3) is 11.2. The van der Waals surface area contributed by atoms with Crippen LogP contribution in [-0.2, 0) is 33.6 Å². The molecule has 0 aromatic carbocycles. The standard InChI is InChI=1S/C19H25N5O7/c1-12(2)7-16(28)23(17(29)8-13(3)25)5-6-24(18(30)9-14(4)26)19(31)10-15(27)11-21-22-20/h1,5-11H2,2-4H3. The molecule has 12 heteroatoms. The largest absolute Gasteiger partial charge is 0.299 e. The lowest BCUT2D eigenvalue weighted by Crippen LogP contribution is -2.47. The van der Waals surface area contributed by atoms with E-state index in [0.29, 0.717) is 10.5 Å². The Bertz CT molecular complexity index is 815. The third-order valence-electron chi connectivity index (χ3n) is 3.66. The van der Waals surface area contributed by atoms with Crippen LogP contribution < -0.4 is 0 Å². The number of azide groups is 1. The van der Waals surface area contributed by atoms with Gasteiger partial charge in [-0.15, -0.1) is 0 Å². The maximum Gasteiger partial charge on any atom is 0.236 e. The fourth-order valence-electron chi connectivity index (χ4n) is 2.38. The summed E-state index contributed by atoms with van der Waals surface area (Å²) in [6, 6.07) is 0. The van der Waals surface area contributed by atoms with E-state index < -0.39 is 79.9 Å². The van der Waals surface area contributed by atoms with Crippen molar-refractivity contribution in [3.8, 4) is 0 Å². The number of carbonyl (C=O) groups is 7. The SMILES string of the molecule is C=C(C)CC(=O)N(CCN(C(=O)CC(C)=O)C(=O)CC(=O)CN=[N+]=[N-])C(=O)CC(C)=O. The zero-order chi connectivity index (χ0) is 24.1. The van der Waals surface area contributed by atoms with Crippen LogP contribution in [-0.4, -0.2) is 70.4 Å². The highest BCUT2D eigenvalue weighted by Crippen LogP contribution is 2.08. The molecule has 0 fully saturated rings. The zero-order valence-electron chi connectivity index (χ0n) is 17.8. The predicted molar refractivity (Wildman–Crippen MR) is 107 cm³/mol. The summed E-state index contributed by atoms with van der Waals surface area (Å²) < 4.78 is 0. The smallest absolute Gasteiger partial charge is 0.236 e. The van der Waals surface area contributed by atoms with Crippen LogP contribution in [0.15, 0.2) is 17.3 Å². The number of nitrogens with zero attached hydrogens (tertiary/aromatic N) is 5. The lowest BCUT2D eigenvalue weighted by molar-refractivity contribution is -0.152. The van der Waals surface area contributed by atoms with Gasteiger partial charge in [0, 0.05) is 24.4 Å². The summed E-state index contributed by atoms with van der Waals surface area (Å²) in [5.74, 6) is -5.16. The second-order valence-electron chi connectivity index (χ2n) is 6.87. The Balaban J connectivity index is 5.60. The molecule has 0 aromatic rings. The van der Waals surface area contributed by atoms with Gasteiger partial charge in [0.2, 0.25) is 23.6 Å². The molecule has 0 atom stereocenters. The number of Topliss-reactive ketones (excluding diaryl/α,β-unsaturated/α-hetero) is 3. The molecule has 4 amide bonds. The first-order valence-corrected chi connectivity index (χ1v) is 9.21. The quantitative estimate of drug-likeness (QED) is 0.136. The lowest BCUT2D eigenvalue weighted by atomic mass is 10.2. The zero-order valence-corrected chi connectivity index (χ0v) is 17.8. The van der Waals surface area contributed by atoms with Crippen LogP contribution in [0.4, 0.5) is 0 Å². The molecular formula is C19H25N5O7. The van der Waals surface area contributed by atoms with Crippen molar-refractivity contribution >= 4 is 41.0 Å². The van der Waals surface area contributed by atoms with Crippen LogP contribution in [0.3, 0.4) is 0 Å². The van der Waals surface area contributed by atoms with Gasteiger partial charge in [-0.3, -0.25) is 43.4 Å². The van der Waals surface area contributed by atoms with Gasteiger partial charge < -0.3 is 0 Å². The van der Waals surface area contributed by atoms with Crippen LogP contribution >= 0.6 is 0 Å². The Kier molecular flexibility index (Phi) is 11.9. The molecule has 168 valence electrons. The number of amides is 4. The van der Waals surface area contributed by atoms with Gasteiger partial charge in [0.1, 0.15) is 17.3 Å². The lowest BCUT2D eigenvalue weighted by Gasteiger charge is -2.25. The fourth-order valence-corrected chi connectivity index (χ4v) is 2.38. The van der Waals surface area contributed by atoms with Gasteiger partial charge in [0.25, 0.3) is 0 Å². The molecule has 0 radical (unpaired) electrons. The molecule has 0 saturated heterocycles. The van der Waals surface area contributed by atoms with Crippen molar-refractivity contribution in [2.24, 2.45) is 5.11 Å². The fraction of sp³-hybridized carbons (Fsp3) is 0.526. The predicted octanol–water partition coefficient (Wildman–Crippen LogP) is 0.891. The van der Waals surface area contributed by atoms with Crippen molar-refractivity contribution in [1.82, 2.24) is 9.80 Å². The van der Waals surface area contributed by atoms with Crippen LogP contribution in [0.25, 0.3) is 10.4 Å². The van der Waals surface area contributed by atoms with Gasteiger partial charge in [-0.25, -0.2) is 0 Å². The molecule has 0 heterocycles. The average Bonchev–Trinajstić information content (AvgIpc) is 2.61.